The van der Waals surface area contributed by atoms with Crippen LogP contribution in [0, 0.1) is 19.3 Å². The van der Waals surface area contributed by atoms with Crippen molar-refractivity contribution in [2.45, 2.75) is 27.7 Å². The topological polar surface area (TPSA) is 46.4 Å². The molecule has 3 rings (SSSR count). The number of carbonyl (C=O) groups excluding carboxylic acids is 1. The van der Waals surface area contributed by atoms with Crippen molar-refractivity contribution in [1.82, 2.24) is 9.38 Å². The van der Waals surface area contributed by atoms with Gasteiger partial charge in [0.05, 0.1) is 5.41 Å². The number of anilines is 1. The van der Waals surface area contributed by atoms with Crippen LogP contribution in [0.1, 0.15) is 25.0 Å². The summed E-state index contributed by atoms with van der Waals surface area (Å²) in [6.45, 7) is 7.72. The fourth-order valence-electron chi connectivity index (χ4n) is 2.63. The van der Waals surface area contributed by atoms with Crippen molar-refractivity contribution >= 4 is 29.0 Å². The van der Waals surface area contributed by atoms with Crippen LogP contribution in [-0.2, 0) is 4.79 Å². The molecule has 4 nitrogen and oxygen atoms in total. The second kappa shape index (κ2) is 6.52. The van der Waals surface area contributed by atoms with Crippen LogP contribution >= 0.6 is 11.6 Å². The number of alkyl halides is 1. The zero-order valence-corrected chi connectivity index (χ0v) is 15.7. The van der Waals surface area contributed by atoms with Gasteiger partial charge in [-0.3, -0.25) is 9.20 Å². The third kappa shape index (κ3) is 3.27. The number of benzene rings is 1. The molecule has 5 heteroatoms. The Labute approximate surface area is 152 Å². The van der Waals surface area contributed by atoms with Gasteiger partial charge in [-0.25, -0.2) is 4.98 Å². The molecule has 0 spiro atoms. The Hall–Kier alpha value is -2.33. The van der Waals surface area contributed by atoms with E-state index >= 15 is 0 Å². The Morgan fingerprint density at radius 2 is 1.92 bits per heavy atom. The Balaban J connectivity index is 2.20. The number of nitrogens with zero attached hydrogens (tertiary/aromatic N) is 2. The number of aryl methyl sites for hydroxylation is 2. The highest BCUT2D eigenvalue weighted by Gasteiger charge is 2.28. The predicted molar refractivity (Wildman–Crippen MR) is 103 cm³/mol. The van der Waals surface area contributed by atoms with Crippen LogP contribution in [0.3, 0.4) is 0 Å². The lowest BCUT2D eigenvalue weighted by Gasteiger charge is -2.20. The summed E-state index contributed by atoms with van der Waals surface area (Å²) in [7, 11) is 0. The number of nitrogens with one attached hydrogen (secondary N) is 1. The van der Waals surface area contributed by atoms with Crippen molar-refractivity contribution in [2.75, 3.05) is 11.2 Å². The summed E-state index contributed by atoms with van der Waals surface area (Å²) >= 11 is 5.97. The first-order chi connectivity index (χ1) is 11.8. The van der Waals surface area contributed by atoms with Gasteiger partial charge in [0.2, 0.25) is 5.91 Å². The van der Waals surface area contributed by atoms with Gasteiger partial charge >= 0.3 is 0 Å². The summed E-state index contributed by atoms with van der Waals surface area (Å²) in [6.07, 6.45) is 1.98. The van der Waals surface area contributed by atoms with Gasteiger partial charge in [-0.05, 0) is 44.9 Å². The molecule has 0 aliphatic carbocycles. The summed E-state index contributed by atoms with van der Waals surface area (Å²) < 4.78 is 1.93. The smallest absolute Gasteiger partial charge is 0.232 e. The molecule has 1 amide bonds. The van der Waals surface area contributed by atoms with Gasteiger partial charge < -0.3 is 5.32 Å². The summed E-state index contributed by atoms with van der Waals surface area (Å²) in [5.41, 5.74) is 4.09. The summed E-state index contributed by atoms with van der Waals surface area (Å²) in [6, 6.07) is 12.0. The largest absolute Gasteiger partial charge is 0.309 e. The minimum atomic E-state index is -0.668. The number of halogens is 1. The number of rotatable bonds is 4. The number of hydrogen-bond donors (Lipinski definition) is 1. The van der Waals surface area contributed by atoms with E-state index in [0.29, 0.717) is 5.82 Å². The van der Waals surface area contributed by atoms with E-state index in [-0.39, 0.29) is 11.8 Å². The van der Waals surface area contributed by atoms with Crippen molar-refractivity contribution in [3.63, 3.8) is 0 Å². The van der Waals surface area contributed by atoms with Gasteiger partial charge in [0.25, 0.3) is 0 Å². The lowest BCUT2D eigenvalue weighted by Crippen LogP contribution is -2.32. The maximum absolute atomic E-state index is 12.7. The lowest BCUT2D eigenvalue weighted by atomic mass is 9.95. The highest BCUT2D eigenvalue weighted by molar-refractivity contribution is 6.20. The molecule has 0 saturated heterocycles. The molecule has 0 fully saturated rings. The SMILES string of the molecule is Cc1ccc2nc(-c3ccccc3C)c(NC(=O)C(C)(C)CCl)n2c1. The van der Waals surface area contributed by atoms with Crippen LogP contribution in [-0.4, -0.2) is 21.2 Å². The molecule has 0 radical (unpaired) electrons. The van der Waals surface area contributed by atoms with Gasteiger partial charge in [-0.15, -0.1) is 11.6 Å². The molecule has 0 bridgehead atoms. The van der Waals surface area contributed by atoms with Crippen LogP contribution in [0.25, 0.3) is 16.9 Å². The second-order valence-electron chi connectivity index (χ2n) is 7.03. The third-order valence-corrected chi connectivity index (χ3v) is 5.02. The molecular formula is C20H22ClN3O. The van der Waals surface area contributed by atoms with Crippen molar-refractivity contribution in [2.24, 2.45) is 5.41 Å². The molecule has 2 heterocycles. The van der Waals surface area contributed by atoms with E-state index in [4.69, 9.17) is 16.6 Å². The molecule has 3 aromatic rings. The first-order valence-corrected chi connectivity index (χ1v) is 8.79. The molecule has 25 heavy (non-hydrogen) atoms. The third-order valence-electron chi connectivity index (χ3n) is 4.35. The molecule has 0 atom stereocenters. The lowest BCUT2D eigenvalue weighted by molar-refractivity contribution is -0.123. The fourth-order valence-corrected chi connectivity index (χ4v) is 2.76. The van der Waals surface area contributed by atoms with Crippen molar-refractivity contribution < 1.29 is 4.79 Å². The summed E-state index contributed by atoms with van der Waals surface area (Å²) in [5.74, 6) is 0.797. The second-order valence-corrected chi connectivity index (χ2v) is 7.30. The number of fused-ring (bicyclic) bond motifs is 1. The van der Waals surface area contributed by atoms with E-state index in [1.54, 1.807) is 0 Å². The zero-order chi connectivity index (χ0) is 18.2. The summed E-state index contributed by atoms with van der Waals surface area (Å²) in [4.78, 5) is 17.5. The standard InChI is InChI=1S/C20H22ClN3O/c1-13-9-10-16-22-17(15-8-6-5-7-14(15)2)18(24(16)11-13)23-19(25)20(3,4)12-21/h5-11H,12H2,1-4H3,(H,23,25). The molecule has 0 aliphatic rings. The van der Waals surface area contributed by atoms with Crippen molar-refractivity contribution in [3.05, 3.63) is 53.7 Å². The number of hydrogen-bond acceptors (Lipinski definition) is 2. The van der Waals surface area contributed by atoms with E-state index in [9.17, 15) is 4.79 Å². The first kappa shape index (κ1) is 17.5. The Morgan fingerprint density at radius 3 is 2.60 bits per heavy atom. The van der Waals surface area contributed by atoms with E-state index in [0.717, 1.165) is 28.0 Å². The molecule has 0 aliphatic heterocycles. The number of amides is 1. The van der Waals surface area contributed by atoms with E-state index in [1.807, 2.05) is 74.7 Å². The highest BCUT2D eigenvalue weighted by Crippen LogP contribution is 2.32. The Kier molecular flexibility index (Phi) is 4.56. The molecule has 0 unspecified atom stereocenters. The predicted octanol–water partition coefficient (Wildman–Crippen LogP) is 4.82. The molecule has 1 aromatic carbocycles. The number of aromatic nitrogens is 2. The van der Waals surface area contributed by atoms with Gasteiger partial charge in [0, 0.05) is 17.6 Å². The maximum Gasteiger partial charge on any atom is 0.232 e. The van der Waals surface area contributed by atoms with E-state index in [1.165, 1.54) is 0 Å². The van der Waals surface area contributed by atoms with Gasteiger partial charge in [0.1, 0.15) is 17.2 Å². The van der Waals surface area contributed by atoms with Crippen LogP contribution in [0.4, 0.5) is 5.82 Å². The molecule has 130 valence electrons. The molecule has 1 N–H and O–H groups in total. The van der Waals surface area contributed by atoms with Crippen LogP contribution in [0.2, 0.25) is 0 Å². The minimum Gasteiger partial charge on any atom is -0.309 e. The highest BCUT2D eigenvalue weighted by atomic mass is 35.5. The fraction of sp³-hybridized carbons (Fsp3) is 0.300. The monoisotopic (exact) mass is 355 g/mol. The Morgan fingerprint density at radius 1 is 1.20 bits per heavy atom. The molecule has 2 aromatic heterocycles. The van der Waals surface area contributed by atoms with Crippen molar-refractivity contribution in [3.8, 4) is 11.3 Å². The normalized spacial score (nSPS) is 11.7. The van der Waals surface area contributed by atoms with Gasteiger partial charge in [0.15, 0.2) is 0 Å². The first-order valence-electron chi connectivity index (χ1n) is 8.25. The zero-order valence-electron chi connectivity index (χ0n) is 14.9. The average Bonchev–Trinajstić information content (AvgIpc) is 2.93. The summed E-state index contributed by atoms with van der Waals surface area (Å²) in [5, 5.41) is 3.05. The minimum absolute atomic E-state index is 0.124. The van der Waals surface area contributed by atoms with E-state index in [2.05, 4.69) is 5.32 Å². The van der Waals surface area contributed by atoms with Crippen LogP contribution < -0.4 is 5.32 Å². The quantitative estimate of drug-likeness (QED) is 0.682. The van der Waals surface area contributed by atoms with E-state index < -0.39 is 5.41 Å². The average molecular weight is 356 g/mol. The van der Waals surface area contributed by atoms with Crippen LogP contribution in [0.15, 0.2) is 42.6 Å². The van der Waals surface area contributed by atoms with Crippen molar-refractivity contribution in [1.29, 1.82) is 0 Å². The number of imidazole rings is 1. The Bertz CT molecular complexity index is 943. The van der Waals surface area contributed by atoms with Crippen LogP contribution in [0.5, 0.6) is 0 Å². The number of carbonyl (C=O) groups is 1. The van der Waals surface area contributed by atoms with Gasteiger partial charge in [-0.1, -0.05) is 30.3 Å². The van der Waals surface area contributed by atoms with Gasteiger partial charge in [-0.2, -0.15) is 0 Å². The maximum atomic E-state index is 12.7. The number of pyridine rings is 1. The molecule has 0 saturated carbocycles. The molecular weight excluding hydrogens is 334 g/mol.